The summed E-state index contributed by atoms with van der Waals surface area (Å²) in [5.74, 6) is 26.2. The van der Waals surface area contributed by atoms with Crippen LogP contribution in [0.4, 0.5) is 0 Å². The predicted octanol–water partition coefficient (Wildman–Crippen LogP) is 35.0. The Morgan fingerprint density at radius 3 is 0.936 bits per heavy atom. The third kappa shape index (κ3) is 22.4. The molecule has 28 aliphatic rings. The van der Waals surface area contributed by atoms with Crippen molar-refractivity contribution in [3.05, 3.63) is 0 Å². The quantitative estimate of drug-likeness (QED) is 0.259. The van der Waals surface area contributed by atoms with Crippen LogP contribution < -0.4 is 0 Å². The van der Waals surface area contributed by atoms with Gasteiger partial charge in [0, 0.05) is 0 Å². The Morgan fingerprint density at radius 2 is 0.651 bits per heavy atom. The molecule has 0 aromatic carbocycles. The minimum atomic E-state index is 0.647. The summed E-state index contributed by atoms with van der Waals surface area (Å²) < 4.78 is 0. The van der Waals surface area contributed by atoms with Crippen LogP contribution in [-0.4, -0.2) is 0 Å². The van der Waals surface area contributed by atoms with Crippen molar-refractivity contribution in [3.63, 3.8) is 0 Å². The molecule has 28 aliphatic carbocycles. The zero-order chi connectivity index (χ0) is 77.0. The Labute approximate surface area is 683 Å². The smallest absolute Gasteiger partial charge is 0.0292 e. The standard InChI is InChI=1S/C14H26.C12H20.C12H22.C11H18.2C11H20.2C10H18.2C9H16/c1-12-4-6-14(7-5-12)10-8-13(2,3)9-11-14;1-2-12-6-9-3-10(7-12)5-11(4-9)8-12;1-11-5-9-12(10-6-11)7-3-2-4-8-12;1-11-5-8-2-9(6-11)4-10(3-8)7-11;1-8-9-4-6-10(7-5-9)11(8,2)3;1-10-4-8-11(9-5-10)6-2-3-7-11;1-8-7-9-3-5-10(8,2)6-4-9;1-7-8(2)10-5-3-9(7)4-6-10;1-7-6-8-2-4-9(7)5-3-8;1-2-8-5-7-3-4-9(8)6-7/h12H,4-11H2,1-3H3;9-11H,2-8H2,1H3;11H,2-10H2,1H3;8-10H,2-7H2,1H3;8-10H,4-7H2,1-3H3;10H,2-9H2,1H3;8-9H,3-7H2,1-2H3;7-10H,3-6H2,1-2H3;2*7-9H,2-6H2,1H3/t;;;;8-,9?,10?;;8-,9?,10?;7-,8?,9?,10?;7-,8?,9?;/m....1.000./s1. The van der Waals surface area contributed by atoms with Gasteiger partial charge >= 0.3 is 0 Å². The fourth-order valence-corrected chi connectivity index (χ4v) is 33.6. The topological polar surface area (TPSA) is 0 Å². The van der Waals surface area contributed by atoms with Gasteiger partial charge in [-0.2, -0.15) is 0 Å². The Hall–Kier alpha value is 0. The summed E-state index contributed by atoms with van der Waals surface area (Å²) in [5.41, 5.74) is 6.17. The van der Waals surface area contributed by atoms with Crippen LogP contribution in [0.3, 0.4) is 0 Å². The summed E-state index contributed by atoms with van der Waals surface area (Å²) in [6.45, 7) is 39.2. The fourth-order valence-electron chi connectivity index (χ4n) is 33.6. The summed E-state index contributed by atoms with van der Waals surface area (Å²) in [6.07, 6.45) is 93.9. The maximum absolute atomic E-state index is 2.54. The average Bonchev–Trinajstić information content (AvgIpc) is 1.23. The molecule has 630 valence electrons. The number of hydrogen-bond acceptors (Lipinski definition) is 0. The minimum Gasteiger partial charge on any atom is -0.0651 e. The first kappa shape index (κ1) is 86.8. The molecule has 0 radical (unpaired) electrons. The highest BCUT2D eigenvalue weighted by molar-refractivity contribution is 5.03. The van der Waals surface area contributed by atoms with Crippen LogP contribution in [0.25, 0.3) is 0 Å². The fraction of sp³-hybridized carbons (Fsp3) is 1.00. The van der Waals surface area contributed by atoms with Gasteiger partial charge in [0.15, 0.2) is 0 Å². The van der Waals surface area contributed by atoms with Crippen molar-refractivity contribution in [3.8, 4) is 0 Å². The Balaban J connectivity index is 0.000000107. The number of hydrogen-bond donors (Lipinski definition) is 0. The zero-order valence-electron chi connectivity index (χ0n) is 77.0. The van der Waals surface area contributed by atoms with E-state index in [1.54, 1.807) is 186 Å². The van der Waals surface area contributed by atoms with Crippen molar-refractivity contribution < 1.29 is 0 Å². The van der Waals surface area contributed by atoms with Crippen molar-refractivity contribution >= 4 is 0 Å². The first-order valence-electron chi connectivity index (χ1n) is 52.0. The summed E-state index contributed by atoms with van der Waals surface area (Å²) in [5, 5.41) is 0. The monoisotopic (exact) mass is 1500 g/mol. The van der Waals surface area contributed by atoms with Crippen molar-refractivity contribution in [1.29, 1.82) is 0 Å². The first-order valence-corrected chi connectivity index (χ1v) is 52.0. The van der Waals surface area contributed by atoms with Crippen molar-refractivity contribution in [2.45, 2.75) is 502 Å². The van der Waals surface area contributed by atoms with Gasteiger partial charge in [0.1, 0.15) is 0 Å². The highest BCUT2D eigenvalue weighted by Crippen LogP contribution is 2.64. The molecular weight excluding hydrogens is 1310 g/mol. The Bertz CT molecular complexity index is 2510. The molecular formula is C109H194. The van der Waals surface area contributed by atoms with Gasteiger partial charge < -0.3 is 0 Å². The Morgan fingerprint density at radius 1 is 0.275 bits per heavy atom. The van der Waals surface area contributed by atoms with Gasteiger partial charge in [-0.25, -0.2) is 0 Å². The molecule has 8 atom stereocenters. The molecule has 109 heavy (non-hydrogen) atoms. The molecule has 4 unspecified atom stereocenters. The van der Waals surface area contributed by atoms with E-state index < -0.39 is 0 Å². The molecule has 0 N–H and O–H groups in total. The van der Waals surface area contributed by atoms with Crippen molar-refractivity contribution in [2.24, 2.45) is 185 Å². The molecule has 0 heterocycles. The normalized spacial score (nSPS) is 46.1. The van der Waals surface area contributed by atoms with Gasteiger partial charge in [-0.05, 0) is 474 Å². The van der Waals surface area contributed by atoms with Gasteiger partial charge in [-0.1, -0.05) is 214 Å². The van der Waals surface area contributed by atoms with E-state index in [0.717, 1.165) is 175 Å². The molecule has 0 aromatic rings. The maximum Gasteiger partial charge on any atom is -0.0292 e. The van der Waals surface area contributed by atoms with E-state index in [2.05, 4.69) is 111 Å². The third-order valence-electron chi connectivity index (χ3n) is 42.3. The molecule has 3 spiro atoms. The lowest BCUT2D eigenvalue weighted by Crippen LogP contribution is -2.45. The van der Waals surface area contributed by atoms with Crippen LogP contribution in [0.1, 0.15) is 502 Å². The van der Waals surface area contributed by atoms with E-state index in [0.29, 0.717) is 10.8 Å². The van der Waals surface area contributed by atoms with Crippen molar-refractivity contribution in [2.75, 3.05) is 0 Å². The lowest BCUT2D eigenvalue weighted by atomic mass is 9.49. The molecule has 0 amide bonds. The second-order valence-electron chi connectivity index (χ2n) is 50.7. The SMILES string of the molecule is CC12CC3CC(CC(C3)C1)C2.CC1C2CCC(CC2)[C@H]1C.CC1CCC2(CC1)CCC(C)(C)CC2.CC1CCC2(CCCC2)CC1.CC1CCC2(CCCCC2)CC1.CCC12CC3CC(CC(C3)C1)C2.CCC1CC2CCC1C2.C[C@@H]1C2CCC(CC2)C1(C)C.C[C@H]1CC2CCC1(C)CC2.C[C@H]1CC2CCC1CC2. The second-order valence-corrected chi connectivity index (χ2v) is 50.7. The molecule has 28 fully saturated rings. The zero-order valence-corrected chi connectivity index (χ0v) is 77.0. The highest BCUT2D eigenvalue weighted by Gasteiger charge is 2.52. The van der Waals surface area contributed by atoms with Gasteiger partial charge in [0.25, 0.3) is 0 Å². The van der Waals surface area contributed by atoms with Crippen LogP contribution in [0.5, 0.6) is 0 Å². The average molecular weight is 1500 g/mol. The molecule has 18 bridgehead atoms. The Kier molecular flexibility index (Phi) is 30.1. The maximum atomic E-state index is 2.54. The van der Waals surface area contributed by atoms with Crippen LogP contribution in [0.2, 0.25) is 0 Å². The predicted molar refractivity (Wildman–Crippen MR) is 476 cm³/mol. The number of fused-ring (bicyclic) bond motifs is 14. The molecule has 0 nitrogen and oxygen atoms in total. The molecule has 0 aliphatic heterocycles. The summed E-state index contributed by atoms with van der Waals surface area (Å²) in [6, 6.07) is 0. The van der Waals surface area contributed by atoms with E-state index in [4.69, 9.17) is 0 Å². The van der Waals surface area contributed by atoms with E-state index in [1.165, 1.54) is 205 Å². The highest BCUT2D eigenvalue weighted by atomic mass is 14.6. The van der Waals surface area contributed by atoms with Crippen LogP contribution in [-0.2, 0) is 0 Å². The molecule has 0 saturated heterocycles. The second kappa shape index (κ2) is 37.7. The van der Waals surface area contributed by atoms with Gasteiger partial charge in [0.2, 0.25) is 0 Å². The largest absolute Gasteiger partial charge is 0.0651 e. The summed E-state index contributed by atoms with van der Waals surface area (Å²) in [7, 11) is 0. The molecule has 0 heteroatoms. The molecule has 0 aromatic heterocycles. The van der Waals surface area contributed by atoms with Gasteiger partial charge in [-0.15, -0.1) is 0 Å². The molecule has 28 rings (SSSR count). The van der Waals surface area contributed by atoms with E-state index in [-0.39, 0.29) is 0 Å². The summed E-state index contributed by atoms with van der Waals surface area (Å²) >= 11 is 0. The van der Waals surface area contributed by atoms with Gasteiger partial charge in [-0.3, -0.25) is 0 Å². The van der Waals surface area contributed by atoms with Crippen LogP contribution >= 0.6 is 0 Å². The van der Waals surface area contributed by atoms with Crippen LogP contribution in [0.15, 0.2) is 0 Å². The lowest BCUT2D eigenvalue weighted by Gasteiger charge is -2.56. The van der Waals surface area contributed by atoms with E-state index in [1.807, 2.05) is 0 Å². The lowest BCUT2D eigenvalue weighted by molar-refractivity contribution is -0.0545. The van der Waals surface area contributed by atoms with Crippen LogP contribution in [0, 0.1) is 185 Å². The minimum absolute atomic E-state index is 0.647. The third-order valence-corrected chi connectivity index (χ3v) is 42.3. The molecule has 28 saturated carbocycles. The van der Waals surface area contributed by atoms with E-state index >= 15 is 0 Å². The summed E-state index contributed by atoms with van der Waals surface area (Å²) in [4.78, 5) is 0. The van der Waals surface area contributed by atoms with Gasteiger partial charge in [0.05, 0.1) is 0 Å². The van der Waals surface area contributed by atoms with E-state index in [9.17, 15) is 0 Å². The number of rotatable bonds is 2. The first-order chi connectivity index (χ1) is 52.0. The van der Waals surface area contributed by atoms with Crippen molar-refractivity contribution in [1.82, 2.24) is 0 Å².